The minimum Gasteiger partial charge on any atom is -0.352 e. The molecule has 5 nitrogen and oxygen atoms in total. The Labute approximate surface area is 144 Å². The van der Waals surface area contributed by atoms with Crippen molar-refractivity contribution in [2.75, 3.05) is 13.1 Å². The summed E-state index contributed by atoms with van der Waals surface area (Å²) in [4.78, 5) is 28.3. The van der Waals surface area contributed by atoms with Gasteiger partial charge in [-0.25, -0.2) is 0 Å². The number of nitrogens with zero attached hydrogens (tertiary/aromatic N) is 2. The molecule has 2 aliphatic heterocycles. The van der Waals surface area contributed by atoms with E-state index in [1.165, 1.54) is 23.6 Å². The number of piperazine rings is 1. The van der Waals surface area contributed by atoms with Gasteiger partial charge in [0.25, 0.3) is 0 Å². The number of aryl methyl sites for hydroxylation is 2. The van der Waals surface area contributed by atoms with E-state index in [0.717, 1.165) is 19.5 Å². The Morgan fingerprint density at radius 3 is 2.67 bits per heavy atom. The van der Waals surface area contributed by atoms with Crippen molar-refractivity contribution in [3.63, 3.8) is 0 Å². The molecule has 0 saturated carbocycles. The number of benzene rings is 1. The van der Waals surface area contributed by atoms with Crippen LogP contribution in [0.15, 0.2) is 18.2 Å². The maximum Gasteiger partial charge on any atom is 0.240 e. The molecule has 0 radical (unpaired) electrons. The Kier molecular flexibility index (Phi) is 4.63. The lowest BCUT2D eigenvalue weighted by Crippen LogP contribution is -2.58. The van der Waals surface area contributed by atoms with E-state index >= 15 is 0 Å². The number of carbonyl (C=O) groups excluding carboxylic acids is 2. The van der Waals surface area contributed by atoms with Gasteiger partial charge in [0.05, 0.1) is 6.04 Å². The van der Waals surface area contributed by atoms with Crippen LogP contribution in [0.25, 0.3) is 0 Å². The van der Waals surface area contributed by atoms with Crippen molar-refractivity contribution in [2.45, 2.75) is 58.8 Å². The van der Waals surface area contributed by atoms with Gasteiger partial charge in [0, 0.05) is 38.6 Å². The summed E-state index contributed by atoms with van der Waals surface area (Å²) in [7, 11) is 0. The molecule has 2 heterocycles. The van der Waals surface area contributed by atoms with Crippen molar-refractivity contribution in [1.29, 1.82) is 0 Å². The minimum absolute atomic E-state index is 0.0210. The molecule has 1 aromatic rings. The predicted molar refractivity (Wildman–Crippen MR) is 93.5 cm³/mol. The second kappa shape index (κ2) is 6.55. The number of amides is 2. The topological polar surface area (TPSA) is 52.7 Å². The van der Waals surface area contributed by atoms with Gasteiger partial charge in [0.15, 0.2) is 0 Å². The Balaban J connectivity index is 1.71. The first kappa shape index (κ1) is 17.0. The molecule has 0 bridgehead atoms. The Morgan fingerprint density at radius 1 is 1.25 bits per heavy atom. The van der Waals surface area contributed by atoms with Crippen LogP contribution in [0.1, 0.15) is 37.0 Å². The first-order valence-electron chi connectivity index (χ1n) is 8.73. The van der Waals surface area contributed by atoms with Crippen molar-refractivity contribution in [1.82, 2.24) is 15.1 Å². The third-order valence-electron chi connectivity index (χ3n) is 5.41. The maximum absolute atomic E-state index is 12.7. The first-order chi connectivity index (χ1) is 11.3. The van der Waals surface area contributed by atoms with Crippen molar-refractivity contribution < 1.29 is 9.59 Å². The molecule has 1 N–H and O–H groups in total. The molecule has 0 spiro atoms. The summed E-state index contributed by atoms with van der Waals surface area (Å²) in [5.74, 6) is 0.162. The van der Waals surface area contributed by atoms with Crippen LogP contribution in [0.4, 0.5) is 0 Å². The van der Waals surface area contributed by atoms with Crippen LogP contribution in [-0.4, -0.2) is 52.8 Å². The summed E-state index contributed by atoms with van der Waals surface area (Å²) in [6.45, 7) is 10.1. The van der Waals surface area contributed by atoms with E-state index in [1.807, 2.05) is 11.8 Å². The molecular weight excluding hydrogens is 302 g/mol. The normalized spacial score (nSPS) is 27.2. The standard InChI is InChI=1S/C19H27N3O2/c1-12-5-6-16(7-13(12)2)9-21-11-18-8-17(20-15(4)23)10-22(18)19(24)14(21)3/h5-7,14,17-18H,8-11H2,1-4H3,(H,20,23)/t14-,17-,18-/m0/s1. The highest BCUT2D eigenvalue weighted by Gasteiger charge is 2.43. The SMILES string of the molecule is CC(=O)N[C@H]1C[C@H]2CN(Cc3ccc(C)c(C)c3)[C@@H](C)C(=O)N2C1. The number of fused-ring (bicyclic) bond motifs is 1. The summed E-state index contributed by atoms with van der Waals surface area (Å²) in [6.07, 6.45) is 0.849. The molecule has 3 atom stereocenters. The van der Waals surface area contributed by atoms with Crippen molar-refractivity contribution in [3.05, 3.63) is 34.9 Å². The molecule has 24 heavy (non-hydrogen) atoms. The lowest BCUT2D eigenvalue weighted by atomic mass is 10.0. The monoisotopic (exact) mass is 329 g/mol. The van der Waals surface area contributed by atoms with Crippen LogP contribution in [0.3, 0.4) is 0 Å². The fourth-order valence-electron chi connectivity index (χ4n) is 3.91. The number of nitrogens with one attached hydrogen (secondary N) is 1. The van der Waals surface area contributed by atoms with E-state index in [0.29, 0.717) is 6.54 Å². The van der Waals surface area contributed by atoms with Gasteiger partial charge in [-0.3, -0.25) is 14.5 Å². The van der Waals surface area contributed by atoms with Crippen LogP contribution in [0.5, 0.6) is 0 Å². The molecule has 3 rings (SSSR count). The molecule has 0 aliphatic carbocycles. The van der Waals surface area contributed by atoms with Crippen LogP contribution in [0, 0.1) is 13.8 Å². The Bertz CT molecular complexity index is 658. The van der Waals surface area contributed by atoms with E-state index in [9.17, 15) is 9.59 Å². The summed E-state index contributed by atoms with van der Waals surface area (Å²) in [5, 5.41) is 2.96. The van der Waals surface area contributed by atoms with E-state index in [4.69, 9.17) is 0 Å². The van der Waals surface area contributed by atoms with E-state index < -0.39 is 0 Å². The predicted octanol–water partition coefficient (Wildman–Crippen LogP) is 1.61. The Morgan fingerprint density at radius 2 is 2.00 bits per heavy atom. The molecule has 0 unspecified atom stereocenters. The highest BCUT2D eigenvalue weighted by atomic mass is 16.2. The van der Waals surface area contributed by atoms with E-state index in [2.05, 4.69) is 42.3 Å². The van der Waals surface area contributed by atoms with E-state index in [1.54, 1.807) is 0 Å². The zero-order chi connectivity index (χ0) is 17.4. The van der Waals surface area contributed by atoms with Gasteiger partial charge in [-0.15, -0.1) is 0 Å². The van der Waals surface area contributed by atoms with Gasteiger partial charge < -0.3 is 10.2 Å². The fourth-order valence-corrected chi connectivity index (χ4v) is 3.91. The summed E-state index contributed by atoms with van der Waals surface area (Å²) >= 11 is 0. The molecule has 1 aromatic carbocycles. The zero-order valence-electron chi connectivity index (χ0n) is 15.0. The quantitative estimate of drug-likeness (QED) is 0.917. The second-order valence-electron chi connectivity index (χ2n) is 7.30. The summed E-state index contributed by atoms with van der Waals surface area (Å²) in [5.41, 5.74) is 3.83. The third-order valence-corrected chi connectivity index (χ3v) is 5.41. The molecule has 2 saturated heterocycles. The largest absolute Gasteiger partial charge is 0.352 e. The Hall–Kier alpha value is -1.88. The first-order valence-corrected chi connectivity index (χ1v) is 8.73. The van der Waals surface area contributed by atoms with Gasteiger partial charge in [-0.2, -0.15) is 0 Å². The minimum atomic E-state index is -0.112. The molecule has 130 valence electrons. The van der Waals surface area contributed by atoms with Crippen LogP contribution in [-0.2, 0) is 16.1 Å². The number of rotatable bonds is 3. The highest BCUT2D eigenvalue weighted by molar-refractivity contribution is 5.83. The number of hydrogen-bond acceptors (Lipinski definition) is 3. The number of hydrogen-bond donors (Lipinski definition) is 1. The molecule has 2 amide bonds. The fraction of sp³-hybridized carbons (Fsp3) is 0.579. The van der Waals surface area contributed by atoms with Gasteiger partial charge in [0.1, 0.15) is 0 Å². The average Bonchev–Trinajstić information content (AvgIpc) is 2.90. The van der Waals surface area contributed by atoms with Gasteiger partial charge >= 0.3 is 0 Å². The average molecular weight is 329 g/mol. The van der Waals surface area contributed by atoms with E-state index in [-0.39, 0.29) is 29.9 Å². The molecule has 2 fully saturated rings. The zero-order valence-corrected chi connectivity index (χ0v) is 15.0. The van der Waals surface area contributed by atoms with Gasteiger partial charge in [-0.05, 0) is 43.9 Å². The molecule has 2 aliphatic rings. The molecular formula is C19H27N3O2. The summed E-state index contributed by atoms with van der Waals surface area (Å²) < 4.78 is 0. The lowest BCUT2D eigenvalue weighted by molar-refractivity contribution is -0.143. The third kappa shape index (κ3) is 3.31. The number of carbonyl (C=O) groups is 2. The lowest BCUT2D eigenvalue weighted by Gasteiger charge is -2.41. The summed E-state index contributed by atoms with van der Waals surface area (Å²) in [6, 6.07) is 6.70. The van der Waals surface area contributed by atoms with Crippen LogP contribution in [0.2, 0.25) is 0 Å². The maximum atomic E-state index is 12.7. The van der Waals surface area contributed by atoms with Crippen LogP contribution >= 0.6 is 0 Å². The van der Waals surface area contributed by atoms with Crippen molar-refractivity contribution >= 4 is 11.8 Å². The van der Waals surface area contributed by atoms with Gasteiger partial charge in [-0.1, -0.05) is 18.2 Å². The molecule has 5 heteroatoms. The van der Waals surface area contributed by atoms with Crippen molar-refractivity contribution in [3.8, 4) is 0 Å². The smallest absolute Gasteiger partial charge is 0.240 e. The highest BCUT2D eigenvalue weighted by Crippen LogP contribution is 2.27. The van der Waals surface area contributed by atoms with Crippen molar-refractivity contribution in [2.24, 2.45) is 0 Å². The molecule has 0 aromatic heterocycles. The van der Waals surface area contributed by atoms with Gasteiger partial charge in [0.2, 0.25) is 11.8 Å². The second-order valence-corrected chi connectivity index (χ2v) is 7.30. The van der Waals surface area contributed by atoms with Crippen LogP contribution < -0.4 is 5.32 Å².